The third-order valence-electron chi connectivity index (χ3n) is 6.47. The van der Waals surface area contributed by atoms with E-state index < -0.39 is 9.84 Å². The van der Waals surface area contributed by atoms with Gasteiger partial charge in [0.2, 0.25) is 11.7 Å². The van der Waals surface area contributed by atoms with E-state index in [0.717, 1.165) is 29.2 Å². The Morgan fingerprint density at radius 3 is 2.51 bits per heavy atom. The molecule has 0 radical (unpaired) electrons. The summed E-state index contributed by atoms with van der Waals surface area (Å²) in [5, 5.41) is 15.6. The second-order valence-electron chi connectivity index (χ2n) is 9.68. The number of hydrogen-bond acceptors (Lipinski definition) is 11. The number of amides is 1. The summed E-state index contributed by atoms with van der Waals surface area (Å²) in [6, 6.07) is 8.31. The molecule has 0 aliphatic carbocycles. The summed E-state index contributed by atoms with van der Waals surface area (Å²) in [6.45, 7) is 7.42. The van der Waals surface area contributed by atoms with E-state index in [9.17, 15) is 13.2 Å². The topological polar surface area (TPSA) is 149 Å². The Morgan fingerprint density at radius 2 is 1.90 bits per heavy atom. The predicted molar refractivity (Wildman–Crippen MR) is 145 cm³/mol. The molecule has 1 atom stereocenters. The van der Waals surface area contributed by atoms with E-state index in [0.29, 0.717) is 16.9 Å². The molecule has 39 heavy (non-hydrogen) atoms. The van der Waals surface area contributed by atoms with Crippen molar-refractivity contribution in [2.75, 3.05) is 11.1 Å². The minimum atomic E-state index is -3.39. The Bertz CT molecular complexity index is 1580. The Morgan fingerprint density at radius 1 is 1.18 bits per heavy atom. The van der Waals surface area contributed by atoms with Gasteiger partial charge in [0.25, 0.3) is 0 Å². The van der Waals surface area contributed by atoms with Gasteiger partial charge in [0.05, 0.1) is 31.0 Å². The molecule has 1 aromatic carbocycles. The van der Waals surface area contributed by atoms with Crippen LogP contribution in [0.25, 0.3) is 11.4 Å². The van der Waals surface area contributed by atoms with Crippen LogP contribution in [0.4, 0.5) is 5.13 Å². The van der Waals surface area contributed by atoms with Gasteiger partial charge in [0.15, 0.2) is 15.0 Å². The van der Waals surface area contributed by atoms with Crippen LogP contribution in [0.2, 0.25) is 0 Å². The van der Waals surface area contributed by atoms with E-state index in [2.05, 4.69) is 61.6 Å². The summed E-state index contributed by atoms with van der Waals surface area (Å²) in [6.07, 6.45) is 2.42. The number of aryl methyl sites for hydroxylation is 1. The van der Waals surface area contributed by atoms with Crippen LogP contribution in [-0.4, -0.2) is 60.1 Å². The van der Waals surface area contributed by atoms with Crippen LogP contribution in [-0.2, 0) is 41.2 Å². The van der Waals surface area contributed by atoms with Crippen molar-refractivity contribution in [3.05, 3.63) is 58.6 Å². The molecule has 0 saturated carbocycles. The van der Waals surface area contributed by atoms with Crippen molar-refractivity contribution in [1.82, 2.24) is 40.1 Å². The Kier molecular flexibility index (Phi) is 7.51. The highest BCUT2D eigenvalue weighted by molar-refractivity contribution is 7.91. The lowest BCUT2D eigenvalue weighted by Crippen LogP contribution is -2.26. The predicted octanol–water partition coefficient (Wildman–Crippen LogP) is 2.81. The van der Waals surface area contributed by atoms with Gasteiger partial charge in [-0.2, -0.15) is 4.80 Å². The quantitative estimate of drug-likeness (QED) is 0.320. The van der Waals surface area contributed by atoms with Crippen LogP contribution in [0.3, 0.4) is 0 Å². The second kappa shape index (κ2) is 10.9. The molecule has 0 spiro atoms. The number of benzene rings is 1. The average molecular weight is 568 g/mol. The highest BCUT2D eigenvalue weighted by atomic mass is 32.2. The zero-order valence-electron chi connectivity index (χ0n) is 22.1. The van der Waals surface area contributed by atoms with E-state index in [1.165, 1.54) is 34.1 Å². The van der Waals surface area contributed by atoms with Gasteiger partial charge in [-0.05, 0) is 16.7 Å². The second-order valence-corrected chi connectivity index (χ2v) is 13.0. The van der Waals surface area contributed by atoms with Crippen LogP contribution >= 0.6 is 11.3 Å². The molecule has 0 bridgehead atoms. The van der Waals surface area contributed by atoms with Crippen LogP contribution < -0.4 is 5.32 Å². The van der Waals surface area contributed by atoms with Crippen LogP contribution in [0.5, 0.6) is 0 Å². The van der Waals surface area contributed by atoms with E-state index in [1.807, 2.05) is 12.1 Å². The minimum absolute atomic E-state index is 0.0341. The Labute approximate surface area is 230 Å². The van der Waals surface area contributed by atoms with E-state index in [4.69, 9.17) is 4.98 Å². The smallest absolute Gasteiger partial charge is 0.233 e. The number of tetrazole rings is 1. The molecule has 204 valence electrons. The lowest BCUT2D eigenvalue weighted by atomic mass is 10.0. The molecule has 1 aliphatic heterocycles. The number of sulfone groups is 1. The number of nitrogens with one attached hydrogen (secondary N) is 1. The summed E-state index contributed by atoms with van der Waals surface area (Å²) in [7, 11) is -1.65. The van der Waals surface area contributed by atoms with Gasteiger partial charge < -0.3 is 5.32 Å². The minimum Gasteiger partial charge on any atom is -0.302 e. The van der Waals surface area contributed by atoms with Gasteiger partial charge in [-0.3, -0.25) is 9.69 Å². The molecule has 14 heteroatoms. The van der Waals surface area contributed by atoms with Crippen LogP contribution in [0.1, 0.15) is 48.8 Å². The zero-order valence-corrected chi connectivity index (χ0v) is 23.7. The molecule has 1 aliphatic rings. The fourth-order valence-electron chi connectivity index (χ4n) is 4.57. The molecule has 4 aromatic rings. The summed E-state index contributed by atoms with van der Waals surface area (Å²) in [5.41, 5.74) is 3.09. The molecule has 1 N–H and O–H groups in total. The van der Waals surface area contributed by atoms with E-state index in [-0.39, 0.29) is 34.8 Å². The molecule has 1 amide bonds. The van der Waals surface area contributed by atoms with Gasteiger partial charge in [-0.15, -0.1) is 21.5 Å². The van der Waals surface area contributed by atoms with Gasteiger partial charge in [0, 0.05) is 35.9 Å². The number of rotatable bonds is 9. The van der Waals surface area contributed by atoms with Crippen LogP contribution in [0.15, 0.2) is 41.6 Å². The van der Waals surface area contributed by atoms with Crippen molar-refractivity contribution < 1.29 is 13.2 Å². The molecule has 5 rings (SSSR count). The van der Waals surface area contributed by atoms with Crippen molar-refractivity contribution in [2.45, 2.75) is 51.2 Å². The van der Waals surface area contributed by atoms with Crippen molar-refractivity contribution in [1.29, 1.82) is 0 Å². The van der Waals surface area contributed by atoms with E-state index >= 15 is 0 Å². The van der Waals surface area contributed by atoms with Crippen LogP contribution in [0, 0.1) is 5.92 Å². The summed E-state index contributed by atoms with van der Waals surface area (Å²) < 4.78 is 23.9. The average Bonchev–Trinajstić information content (AvgIpc) is 3.58. The SMILES string of the molecule is CCS(=O)(=O)c1cnc(CC(=O)Nc2nc3c(s2)CN(Cc2ccc(-c4nnn(C)n4)cc2)C3C(C)C)nc1. The van der Waals surface area contributed by atoms with Crippen molar-refractivity contribution in [3.63, 3.8) is 0 Å². The van der Waals surface area contributed by atoms with Gasteiger partial charge in [-0.25, -0.2) is 23.4 Å². The monoisotopic (exact) mass is 567 g/mol. The fraction of sp³-hybridized carbons (Fsp3) is 0.400. The fourth-order valence-corrected chi connectivity index (χ4v) is 6.37. The van der Waals surface area contributed by atoms with Crippen molar-refractivity contribution >= 4 is 32.2 Å². The molecule has 12 nitrogen and oxygen atoms in total. The maximum absolute atomic E-state index is 12.6. The number of fused-ring (bicyclic) bond motifs is 1. The number of hydrogen-bond donors (Lipinski definition) is 1. The van der Waals surface area contributed by atoms with Gasteiger partial charge in [0.1, 0.15) is 10.7 Å². The lowest BCUT2D eigenvalue weighted by Gasteiger charge is -2.27. The summed E-state index contributed by atoms with van der Waals surface area (Å²) >= 11 is 1.48. The number of anilines is 1. The molecular weight excluding hydrogens is 538 g/mol. The number of carbonyl (C=O) groups is 1. The Hall–Kier alpha value is -3.62. The normalized spacial score (nSPS) is 15.6. The molecule has 1 unspecified atom stereocenters. The maximum atomic E-state index is 12.6. The molecule has 0 saturated heterocycles. The number of nitrogens with zero attached hydrogens (tertiary/aromatic N) is 8. The molecule has 4 heterocycles. The highest BCUT2D eigenvalue weighted by Gasteiger charge is 2.36. The number of aromatic nitrogens is 7. The highest BCUT2D eigenvalue weighted by Crippen LogP contribution is 2.43. The largest absolute Gasteiger partial charge is 0.302 e. The Balaban J connectivity index is 1.23. The first kappa shape index (κ1) is 27.0. The first-order valence-corrected chi connectivity index (χ1v) is 15.0. The lowest BCUT2D eigenvalue weighted by molar-refractivity contribution is -0.115. The third kappa shape index (κ3) is 5.87. The first-order chi connectivity index (χ1) is 18.6. The number of carbonyl (C=O) groups excluding carboxylic acids is 1. The number of thiazole rings is 1. The summed E-state index contributed by atoms with van der Waals surface area (Å²) in [5.74, 6) is 0.835. The molecule has 0 fully saturated rings. The standard InChI is InChI=1S/C25H29N9O3S2/c1-5-39(36,37)18-11-26-20(27-12-18)10-21(35)28-25-29-22-19(38-25)14-34(23(22)15(2)3)13-16-6-8-17(9-7-16)24-30-32-33(4)31-24/h6-9,11-12,15,23H,5,10,13-14H2,1-4H3,(H,28,29,35). The third-order valence-corrected chi connectivity index (χ3v) is 9.13. The van der Waals surface area contributed by atoms with E-state index in [1.54, 1.807) is 14.0 Å². The molecular formula is C25H29N9O3S2. The van der Waals surface area contributed by atoms with Gasteiger partial charge in [-0.1, -0.05) is 45.0 Å². The first-order valence-electron chi connectivity index (χ1n) is 12.5. The summed E-state index contributed by atoms with van der Waals surface area (Å²) in [4.78, 5) is 30.5. The van der Waals surface area contributed by atoms with Crippen molar-refractivity contribution in [3.8, 4) is 11.4 Å². The van der Waals surface area contributed by atoms with Gasteiger partial charge >= 0.3 is 0 Å². The zero-order chi connectivity index (χ0) is 27.7. The molecule has 3 aromatic heterocycles. The van der Waals surface area contributed by atoms with Crippen molar-refractivity contribution in [2.24, 2.45) is 13.0 Å². The maximum Gasteiger partial charge on any atom is 0.233 e.